The molecule has 0 aliphatic rings. The molecule has 0 saturated heterocycles. The van der Waals surface area contributed by atoms with E-state index in [9.17, 15) is 4.79 Å². The third-order valence-electron chi connectivity index (χ3n) is 2.54. The summed E-state index contributed by atoms with van der Waals surface area (Å²) >= 11 is 0. The first-order valence-electron chi connectivity index (χ1n) is 5.64. The van der Waals surface area contributed by atoms with E-state index in [1.54, 1.807) is 0 Å². The molecule has 0 saturated carbocycles. The Hall–Kier alpha value is -2.37. The maximum atomic E-state index is 11.8. The van der Waals surface area contributed by atoms with Crippen LogP contribution in [-0.2, 0) is 11.3 Å². The van der Waals surface area contributed by atoms with Crippen LogP contribution in [0.2, 0.25) is 0 Å². The van der Waals surface area contributed by atoms with Gasteiger partial charge in [0.1, 0.15) is 12.9 Å². The van der Waals surface area contributed by atoms with Crippen molar-refractivity contribution in [2.45, 2.75) is 19.5 Å². The van der Waals surface area contributed by atoms with E-state index in [0.29, 0.717) is 0 Å². The van der Waals surface area contributed by atoms with E-state index in [1.165, 1.54) is 11.0 Å². The topological polar surface area (TPSA) is 85.8 Å². The zero-order chi connectivity index (χ0) is 13.0. The summed E-state index contributed by atoms with van der Waals surface area (Å²) in [6, 6.07) is 9.72. The molecule has 1 atom stereocenters. The Kier molecular flexibility index (Phi) is 3.57. The number of nitrogens with two attached hydrogens (primary N) is 1. The zero-order valence-electron chi connectivity index (χ0n) is 10.1. The van der Waals surface area contributed by atoms with E-state index in [1.807, 2.05) is 37.3 Å². The minimum absolute atomic E-state index is 0.0421. The molecule has 0 spiro atoms. The fourth-order valence-corrected chi connectivity index (χ4v) is 1.64. The summed E-state index contributed by atoms with van der Waals surface area (Å²) in [5.41, 5.74) is 6.43. The Morgan fingerprint density at radius 2 is 2.17 bits per heavy atom. The molecular weight excluding hydrogens is 230 g/mol. The van der Waals surface area contributed by atoms with Gasteiger partial charge in [-0.05, 0) is 12.5 Å². The van der Waals surface area contributed by atoms with Crippen molar-refractivity contribution >= 4 is 11.9 Å². The molecule has 2 rings (SSSR count). The minimum Gasteiger partial charge on any atom is -0.367 e. The van der Waals surface area contributed by atoms with Gasteiger partial charge in [0.25, 0.3) is 0 Å². The molecule has 0 unspecified atom stereocenters. The summed E-state index contributed by atoms with van der Waals surface area (Å²) in [6.07, 6.45) is 1.43. The van der Waals surface area contributed by atoms with Gasteiger partial charge in [-0.15, -0.1) is 5.10 Å². The van der Waals surface area contributed by atoms with Crippen molar-refractivity contribution in [2.24, 2.45) is 0 Å². The maximum absolute atomic E-state index is 11.8. The molecular formula is C12H15N5O. The number of carbonyl (C=O) groups excluding carboxylic acids is 1. The van der Waals surface area contributed by atoms with Gasteiger partial charge in [-0.2, -0.15) is 0 Å². The highest BCUT2D eigenvalue weighted by Gasteiger charge is 2.10. The van der Waals surface area contributed by atoms with Crippen molar-refractivity contribution < 1.29 is 4.79 Å². The largest absolute Gasteiger partial charge is 0.367 e. The van der Waals surface area contributed by atoms with E-state index in [2.05, 4.69) is 15.4 Å². The van der Waals surface area contributed by atoms with Gasteiger partial charge in [0.2, 0.25) is 11.9 Å². The first-order valence-corrected chi connectivity index (χ1v) is 5.64. The molecule has 1 amide bonds. The number of hydrogen-bond acceptors (Lipinski definition) is 4. The molecule has 1 aromatic heterocycles. The lowest BCUT2D eigenvalue weighted by molar-refractivity contribution is -0.122. The maximum Gasteiger partial charge on any atom is 0.242 e. The van der Waals surface area contributed by atoms with Crippen molar-refractivity contribution in [3.63, 3.8) is 0 Å². The number of benzene rings is 1. The molecule has 1 aromatic carbocycles. The summed E-state index contributed by atoms with van der Waals surface area (Å²) in [4.78, 5) is 15.5. The summed E-state index contributed by atoms with van der Waals surface area (Å²) < 4.78 is 1.41. The summed E-state index contributed by atoms with van der Waals surface area (Å²) in [5, 5.41) is 6.74. The lowest BCUT2D eigenvalue weighted by Gasteiger charge is -2.13. The molecule has 6 heteroatoms. The predicted octanol–water partition coefficient (Wildman–Crippen LogP) is 0.738. The molecule has 1 heterocycles. The molecule has 0 bridgehead atoms. The van der Waals surface area contributed by atoms with Crippen molar-refractivity contribution in [2.75, 3.05) is 5.73 Å². The quantitative estimate of drug-likeness (QED) is 0.831. The number of hydrogen-bond donors (Lipinski definition) is 2. The third-order valence-corrected chi connectivity index (χ3v) is 2.54. The highest BCUT2D eigenvalue weighted by Crippen LogP contribution is 2.10. The minimum atomic E-state index is -0.128. The number of aromatic nitrogens is 3. The summed E-state index contributed by atoms with van der Waals surface area (Å²) in [5.74, 6) is 0.0372. The normalized spacial score (nSPS) is 12.1. The van der Waals surface area contributed by atoms with Crippen LogP contribution in [0.25, 0.3) is 0 Å². The fraction of sp³-hybridized carbons (Fsp3) is 0.250. The lowest BCUT2D eigenvalue weighted by atomic mass is 10.1. The molecule has 3 N–H and O–H groups in total. The van der Waals surface area contributed by atoms with E-state index in [4.69, 9.17) is 5.73 Å². The van der Waals surface area contributed by atoms with Crippen molar-refractivity contribution in [1.82, 2.24) is 20.1 Å². The van der Waals surface area contributed by atoms with Gasteiger partial charge < -0.3 is 11.1 Å². The molecule has 0 aliphatic carbocycles. The Balaban J connectivity index is 1.92. The first kappa shape index (κ1) is 12.1. The standard InChI is InChI=1S/C12H15N5O/c1-9(10-5-3-2-4-6-10)15-11(18)7-17-8-14-12(13)16-17/h2-6,8-9H,7H2,1H3,(H2,13,16)(H,15,18)/t9-/m0/s1. The highest BCUT2D eigenvalue weighted by molar-refractivity contribution is 5.76. The zero-order valence-corrected chi connectivity index (χ0v) is 10.1. The summed E-state index contributed by atoms with van der Waals surface area (Å²) in [7, 11) is 0. The third kappa shape index (κ3) is 3.07. The number of carbonyl (C=O) groups is 1. The highest BCUT2D eigenvalue weighted by atomic mass is 16.2. The van der Waals surface area contributed by atoms with Crippen LogP contribution in [0.3, 0.4) is 0 Å². The Labute approximate surface area is 105 Å². The van der Waals surface area contributed by atoms with Crippen molar-refractivity contribution in [3.8, 4) is 0 Å². The van der Waals surface area contributed by atoms with Gasteiger partial charge in [0, 0.05) is 0 Å². The monoisotopic (exact) mass is 245 g/mol. The van der Waals surface area contributed by atoms with Gasteiger partial charge in [-0.3, -0.25) is 4.79 Å². The number of anilines is 1. The van der Waals surface area contributed by atoms with Gasteiger partial charge in [0.15, 0.2) is 0 Å². The number of rotatable bonds is 4. The molecule has 0 fully saturated rings. The van der Waals surface area contributed by atoms with Crippen molar-refractivity contribution in [1.29, 1.82) is 0 Å². The Morgan fingerprint density at radius 3 is 2.78 bits per heavy atom. The Morgan fingerprint density at radius 1 is 1.44 bits per heavy atom. The second-order valence-electron chi connectivity index (χ2n) is 4.00. The molecule has 0 radical (unpaired) electrons. The predicted molar refractivity (Wildman–Crippen MR) is 67.4 cm³/mol. The van der Waals surface area contributed by atoms with Crippen LogP contribution in [0.4, 0.5) is 5.95 Å². The van der Waals surface area contributed by atoms with Crippen LogP contribution in [0.5, 0.6) is 0 Å². The van der Waals surface area contributed by atoms with Gasteiger partial charge in [-0.1, -0.05) is 30.3 Å². The first-order chi connectivity index (χ1) is 8.65. The van der Waals surface area contributed by atoms with E-state index >= 15 is 0 Å². The number of nitrogen functional groups attached to an aromatic ring is 1. The average Bonchev–Trinajstić information content (AvgIpc) is 2.75. The van der Waals surface area contributed by atoms with Crippen molar-refractivity contribution in [3.05, 3.63) is 42.2 Å². The van der Waals surface area contributed by atoms with Crippen LogP contribution in [0.15, 0.2) is 36.7 Å². The number of nitrogens with zero attached hydrogens (tertiary/aromatic N) is 3. The number of nitrogens with one attached hydrogen (secondary N) is 1. The second-order valence-corrected chi connectivity index (χ2v) is 4.00. The lowest BCUT2D eigenvalue weighted by Crippen LogP contribution is -2.30. The van der Waals surface area contributed by atoms with E-state index in [0.717, 1.165) is 5.56 Å². The fourth-order valence-electron chi connectivity index (χ4n) is 1.64. The van der Waals surface area contributed by atoms with E-state index < -0.39 is 0 Å². The second kappa shape index (κ2) is 5.31. The van der Waals surface area contributed by atoms with Crippen LogP contribution in [-0.4, -0.2) is 20.7 Å². The molecule has 6 nitrogen and oxygen atoms in total. The average molecular weight is 245 g/mol. The smallest absolute Gasteiger partial charge is 0.242 e. The molecule has 94 valence electrons. The van der Waals surface area contributed by atoms with E-state index in [-0.39, 0.29) is 24.4 Å². The van der Waals surface area contributed by atoms with Crippen LogP contribution < -0.4 is 11.1 Å². The van der Waals surface area contributed by atoms with Gasteiger partial charge in [-0.25, -0.2) is 9.67 Å². The SMILES string of the molecule is C[C@H](NC(=O)Cn1cnc(N)n1)c1ccccc1. The summed E-state index contributed by atoms with van der Waals surface area (Å²) in [6.45, 7) is 2.05. The number of amides is 1. The molecule has 0 aliphatic heterocycles. The van der Waals surface area contributed by atoms with Crippen LogP contribution >= 0.6 is 0 Å². The van der Waals surface area contributed by atoms with Gasteiger partial charge in [0.05, 0.1) is 6.04 Å². The Bertz CT molecular complexity index is 522. The van der Waals surface area contributed by atoms with Gasteiger partial charge >= 0.3 is 0 Å². The molecule has 18 heavy (non-hydrogen) atoms. The molecule has 2 aromatic rings. The van der Waals surface area contributed by atoms with Crippen LogP contribution in [0.1, 0.15) is 18.5 Å². The van der Waals surface area contributed by atoms with Crippen LogP contribution in [0, 0.1) is 0 Å².